The number of hydrogen-bond acceptors (Lipinski definition) is 2. The highest BCUT2D eigenvalue weighted by molar-refractivity contribution is 6.30. The van der Waals surface area contributed by atoms with Crippen LogP contribution in [-0.4, -0.2) is 12.7 Å². The maximum absolute atomic E-state index is 13.6. The highest BCUT2D eigenvalue weighted by Gasteiger charge is 2.16. The predicted molar refractivity (Wildman–Crippen MR) is 71.2 cm³/mol. The first-order valence-corrected chi connectivity index (χ1v) is 6.87. The zero-order chi connectivity index (χ0) is 13.0. The first-order valence-electron chi connectivity index (χ1n) is 6.49. The van der Waals surface area contributed by atoms with Crippen molar-refractivity contribution >= 4 is 11.6 Å². The first kappa shape index (κ1) is 13.8. The second-order valence-electron chi connectivity index (χ2n) is 4.84. The summed E-state index contributed by atoms with van der Waals surface area (Å²) in [5.41, 5.74) is 6.55. The maximum Gasteiger partial charge on any atom is 0.129 e. The molecule has 1 fully saturated rings. The Morgan fingerprint density at radius 1 is 1.50 bits per heavy atom. The van der Waals surface area contributed by atoms with Crippen LogP contribution in [-0.2, 0) is 4.74 Å². The highest BCUT2D eigenvalue weighted by Crippen LogP contribution is 2.24. The normalized spacial score (nSPS) is 21.2. The van der Waals surface area contributed by atoms with E-state index < -0.39 is 0 Å². The minimum absolute atomic E-state index is 0.260. The molecule has 0 aromatic heterocycles. The summed E-state index contributed by atoms with van der Waals surface area (Å²) < 4.78 is 19.2. The molecule has 4 heteroatoms. The average Bonchev–Trinajstić information content (AvgIpc) is 2.81. The smallest absolute Gasteiger partial charge is 0.129 e. The topological polar surface area (TPSA) is 35.2 Å². The van der Waals surface area contributed by atoms with Gasteiger partial charge in [0, 0.05) is 23.2 Å². The fraction of sp³-hybridized carbons (Fsp3) is 0.571. The molecular weight excluding hydrogens is 253 g/mol. The van der Waals surface area contributed by atoms with Gasteiger partial charge >= 0.3 is 0 Å². The Morgan fingerprint density at radius 2 is 2.33 bits per heavy atom. The molecule has 0 amide bonds. The lowest BCUT2D eigenvalue weighted by Gasteiger charge is -2.14. The summed E-state index contributed by atoms with van der Waals surface area (Å²) in [4.78, 5) is 0. The maximum atomic E-state index is 13.6. The largest absolute Gasteiger partial charge is 0.378 e. The third-order valence-electron chi connectivity index (χ3n) is 3.43. The van der Waals surface area contributed by atoms with E-state index in [1.54, 1.807) is 12.1 Å². The van der Waals surface area contributed by atoms with Gasteiger partial charge in [-0.15, -0.1) is 0 Å². The molecule has 0 spiro atoms. The third kappa shape index (κ3) is 3.67. The van der Waals surface area contributed by atoms with E-state index >= 15 is 0 Å². The standard InChI is InChI=1S/C14H19ClFNO/c15-10-6-7-12(13(16)9-10)14(17)5-1-3-11-4-2-8-18-11/h6-7,9,11,14H,1-5,8,17H2. The van der Waals surface area contributed by atoms with Crippen LogP contribution in [0, 0.1) is 5.82 Å². The summed E-state index contributed by atoms with van der Waals surface area (Å²) in [6.07, 6.45) is 5.44. The van der Waals surface area contributed by atoms with Crippen LogP contribution in [0.4, 0.5) is 4.39 Å². The van der Waals surface area contributed by atoms with Crippen LogP contribution in [0.15, 0.2) is 18.2 Å². The molecule has 1 heterocycles. The molecular formula is C14H19ClFNO. The van der Waals surface area contributed by atoms with E-state index in [1.807, 2.05) is 0 Å². The van der Waals surface area contributed by atoms with E-state index in [0.29, 0.717) is 16.7 Å². The predicted octanol–water partition coefficient (Wildman–Crippen LogP) is 3.83. The molecule has 0 aliphatic carbocycles. The van der Waals surface area contributed by atoms with Crippen molar-refractivity contribution in [2.24, 2.45) is 5.73 Å². The first-order chi connectivity index (χ1) is 8.66. The second kappa shape index (κ2) is 6.50. The van der Waals surface area contributed by atoms with E-state index in [9.17, 15) is 4.39 Å². The molecule has 1 aromatic carbocycles. The van der Waals surface area contributed by atoms with Gasteiger partial charge in [-0.25, -0.2) is 4.39 Å². The lowest BCUT2D eigenvalue weighted by Crippen LogP contribution is -2.13. The number of rotatable bonds is 5. The number of benzene rings is 1. The Kier molecular flexibility index (Phi) is 4.98. The van der Waals surface area contributed by atoms with Crippen molar-refractivity contribution in [3.63, 3.8) is 0 Å². The molecule has 0 bridgehead atoms. The summed E-state index contributed by atoms with van der Waals surface area (Å²) >= 11 is 5.71. The molecule has 2 nitrogen and oxygen atoms in total. The van der Waals surface area contributed by atoms with Crippen molar-refractivity contribution in [1.29, 1.82) is 0 Å². The van der Waals surface area contributed by atoms with Gasteiger partial charge in [0.05, 0.1) is 6.10 Å². The summed E-state index contributed by atoms with van der Waals surface area (Å²) in [6, 6.07) is 4.41. The van der Waals surface area contributed by atoms with Gasteiger partial charge in [0.15, 0.2) is 0 Å². The van der Waals surface area contributed by atoms with E-state index in [2.05, 4.69) is 0 Å². The Labute approximate surface area is 112 Å². The minimum Gasteiger partial charge on any atom is -0.378 e. The molecule has 1 aliphatic rings. The van der Waals surface area contributed by atoms with Crippen LogP contribution < -0.4 is 5.73 Å². The SMILES string of the molecule is NC(CCCC1CCCO1)c1ccc(Cl)cc1F. The summed E-state index contributed by atoms with van der Waals surface area (Å²) in [5, 5.41) is 0.405. The Morgan fingerprint density at radius 3 is 3.00 bits per heavy atom. The van der Waals surface area contributed by atoms with Gasteiger partial charge in [0.1, 0.15) is 5.82 Å². The van der Waals surface area contributed by atoms with Gasteiger partial charge in [-0.1, -0.05) is 17.7 Å². The number of nitrogens with two attached hydrogens (primary N) is 1. The van der Waals surface area contributed by atoms with E-state index in [0.717, 1.165) is 38.7 Å². The number of halogens is 2. The van der Waals surface area contributed by atoms with Crippen LogP contribution >= 0.6 is 11.6 Å². The Hall–Kier alpha value is -0.640. The quantitative estimate of drug-likeness (QED) is 0.883. The van der Waals surface area contributed by atoms with Crippen molar-refractivity contribution < 1.29 is 9.13 Å². The zero-order valence-corrected chi connectivity index (χ0v) is 11.1. The van der Waals surface area contributed by atoms with Crippen LogP contribution in [0.5, 0.6) is 0 Å². The second-order valence-corrected chi connectivity index (χ2v) is 5.27. The molecule has 2 atom stereocenters. The zero-order valence-electron chi connectivity index (χ0n) is 10.4. The molecule has 2 rings (SSSR count). The Bertz CT molecular complexity index is 393. The average molecular weight is 272 g/mol. The van der Waals surface area contributed by atoms with Crippen LogP contribution in [0.2, 0.25) is 5.02 Å². The van der Waals surface area contributed by atoms with Crippen LogP contribution in [0.3, 0.4) is 0 Å². The fourth-order valence-corrected chi connectivity index (χ4v) is 2.55. The van der Waals surface area contributed by atoms with Crippen molar-refractivity contribution in [3.8, 4) is 0 Å². The van der Waals surface area contributed by atoms with Crippen LogP contribution in [0.1, 0.15) is 43.7 Å². The molecule has 0 radical (unpaired) electrons. The molecule has 1 aliphatic heterocycles. The van der Waals surface area contributed by atoms with Gasteiger partial charge in [0.2, 0.25) is 0 Å². The fourth-order valence-electron chi connectivity index (χ4n) is 2.40. The van der Waals surface area contributed by atoms with Crippen LogP contribution in [0.25, 0.3) is 0 Å². The molecule has 2 unspecified atom stereocenters. The molecule has 1 saturated heterocycles. The van der Waals surface area contributed by atoms with Gasteiger partial charge in [-0.2, -0.15) is 0 Å². The molecule has 0 saturated carbocycles. The lowest BCUT2D eigenvalue weighted by molar-refractivity contribution is 0.101. The van der Waals surface area contributed by atoms with E-state index in [1.165, 1.54) is 6.07 Å². The van der Waals surface area contributed by atoms with Gasteiger partial charge in [0.25, 0.3) is 0 Å². The van der Waals surface area contributed by atoms with Crippen molar-refractivity contribution in [2.45, 2.75) is 44.2 Å². The van der Waals surface area contributed by atoms with E-state index in [4.69, 9.17) is 22.1 Å². The molecule has 18 heavy (non-hydrogen) atoms. The van der Waals surface area contributed by atoms with Crippen molar-refractivity contribution in [3.05, 3.63) is 34.6 Å². The Balaban J connectivity index is 1.81. The number of ether oxygens (including phenoxy) is 1. The molecule has 2 N–H and O–H groups in total. The molecule has 1 aromatic rings. The summed E-state index contributed by atoms with van der Waals surface area (Å²) in [5.74, 6) is -0.313. The molecule has 100 valence electrons. The third-order valence-corrected chi connectivity index (χ3v) is 3.66. The summed E-state index contributed by atoms with van der Waals surface area (Å²) in [7, 11) is 0. The lowest BCUT2D eigenvalue weighted by atomic mass is 9.99. The van der Waals surface area contributed by atoms with E-state index in [-0.39, 0.29) is 11.9 Å². The van der Waals surface area contributed by atoms with Gasteiger partial charge in [-0.05, 0) is 44.2 Å². The number of hydrogen-bond donors (Lipinski definition) is 1. The van der Waals surface area contributed by atoms with Crippen molar-refractivity contribution in [2.75, 3.05) is 6.61 Å². The summed E-state index contributed by atoms with van der Waals surface area (Å²) in [6.45, 7) is 0.878. The minimum atomic E-state index is -0.313. The van der Waals surface area contributed by atoms with Gasteiger partial charge in [-0.3, -0.25) is 0 Å². The monoisotopic (exact) mass is 271 g/mol. The van der Waals surface area contributed by atoms with Crippen molar-refractivity contribution in [1.82, 2.24) is 0 Å². The highest BCUT2D eigenvalue weighted by atomic mass is 35.5. The van der Waals surface area contributed by atoms with Gasteiger partial charge < -0.3 is 10.5 Å².